The lowest BCUT2D eigenvalue weighted by Crippen LogP contribution is -2.41. The lowest BCUT2D eigenvalue weighted by molar-refractivity contribution is 0.0932. The van der Waals surface area contributed by atoms with E-state index in [9.17, 15) is 4.79 Å². The van der Waals surface area contributed by atoms with Crippen LogP contribution < -0.4 is 11.1 Å². The molecule has 1 atom stereocenters. The smallest absolute Gasteiger partial charge is 0.271 e. The molecule has 0 radical (unpaired) electrons. The van der Waals surface area contributed by atoms with Gasteiger partial charge >= 0.3 is 0 Å². The first kappa shape index (κ1) is 13.9. The summed E-state index contributed by atoms with van der Waals surface area (Å²) in [7, 11) is 1.74. The zero-order chi connectivity index (χ0) is 14.0. The fourth-order valence-corrected chi connectivity index (χ4v) is 2.58. The van der Waals surface area contributed by atoms with Crippen molar-refractivity contribution in [3.8, 4) is 0 Å². The van der Waals surface area contributed by atoms with E-state index < -0.39 is 0 Å². The zero-order valence-corrected chi connectivity index (χ0v) is 11.9. The van der Waals surface area contributed by atoms with Gasteiger partial charge in [-0.2, -0.15) is 5.10 Å². The summed E-state index contributed by atoms with van der Waals surface area (Å²) in [6.45, 7) is 6.85. The number of amides is 1. The number of carbonyl (C=O) groups is 1. The molecule has 0 aliphatic carbocycles. The average molecular weight is 265 g/mol. The Morgan fingerprint density at radius 1 is 1.47 bits per heavy atom. The van der Waals surface area contributed by atoms with Crippen LogP contribution in [0.3, 0.4) is 0 Å². The third-order valence-corrected chi connectivity index (χ3v) is 3.81. The summed E-state index contributed by atoms with van der Waals surface area (Å²) >= 11 is 0. The molecule has 3 N–H and O–H groups in total. The maximum absolute atomic E-state index is 12.1. The summed E-state index contributed by atoms with van der Waals surface area (Å²) < 4.78 is 1.54. The van der Waals surface area contributed by atoms with Gasteiger partial charge in [0.05, 0.1) is 11.4 Å². The maximum Gasteiger partial charge on any atom is 0.271 e. The number of hydrogen-bond donors (Lipinski definition) is 2. The molecule has 1 aliphatic heterocycles. The van der Waals surface area contributed by atoms with Gasteiger partial charge in [0, 0.05) is 19.6 Å². The van der Waals surface area contributed by atoms with Gasteiger partial charge in [0.2, 0.25) is 0 Å². The van der Waals surface area contributed by atoms with E-state index in [2.05, 4.69) is 22.2 Å². The fourth-order valence-electron chi connectivity index (χ4n) is 2.58. The number of nitrogen functional groups attached to an aromatic ring is 1. The van der Waals surface area contributed by atoms with E-state index in [4.69, 9.17) is 5.73 Å². The predicted octanol–water partition coefficient (Wildman–Crippen LogP) is 0.525. The molecule has 2 heterocycles. The van der Waals surface area contributed by atoms with Crippen LogP contribution in [0.4, 0.5) is 5.69 Å². The predicted molar refractivity (Wildman–Crippen MR) is 75.0 cm³/mol. The van der Waals surface area contributed by atoms with Crippen molar-refractivity contribution >= 4 is 11.6 Å². The first-order chi connectivity index (χ1) is 9.00. The van der Waals surface area contributed by atoms with E-state index >= 15 is 0 Å². The number of carbonyl (C=O) groups excluding carboxylic acids is 1. The summed E-state index contributed by atoms with van der Waals surface area (Å²) in [5.41, 5.74) is 7.49. The van der Waals surface area contributed by atoms with Crippen molar-refractivity contribution in [1.29, 1.82) is 0 Å². The summed E-state index contributed by atoms with van der Waals surface area (Å²) in [6.07, 6.45) is 2.51. The molecule has 0 aromatic carbocycles. The van der Waals surface area contributed by atoms with Crippen molar-refractivity contribution in [3.63, 3.8) is 0 Å². The second-order valence-corrected chi connectivity index (χ2v) is 5.27. The van der Waals surface area contributed by atoms with Gasteiger partial charge in [-0.3, -0.25) is 14.4 Å². The van der Waals surface area contributed by atoms with Crippen LogP contribution in [-0.2, 0) is 7.05 Å². The van der Waals surface area contributed by atoms with Gasteiger partial charge in [-0.1, -0.05) is 0 Å². The van der Waals surface area contributed by atoms with Gasteiger partial charge in [0.15, 0.2) is 0 Å². The molecule has 106 valence electrons. The van der Waals surface area contributed by atoms with Crippen LogP contribution in [0.1, 0.15) is 35.9 Å². The van der Waals surface area contributed by atoms with Crippen molar-refractivity contribution in [2.45, 2.75) is 32.7 Å². The molecule has 0 spiro atoms. The van der Waals surface area contributed by atoms with Gasteiger partial charge < -0.3 is 11.1 Å². The van der Waals surface area contributed by atoms with Crippen LogP contribution in [0.15, 0.2) is 0 Å². The van der Waals surface area contributed by atoms with Crippen molar-refractivity contribution in [3.05, 3.63) is 11.4 Å². The Morgan fingerprint density at radius 2 is 2.11 bits per heavy atom. The summed E-state index contributed by atoms with van der Waals surface area (Å²) in [5, 5.41) is 7.11. The second kappa shape index (κ2) is 5.61. The molecule has 1 aromatic heterocycles. The van der Waals surface area contributed by atoms with Crippen LogP contribution in [0.25, 0.3) is 0 Å². The first-order valence-corrected chi connectivity index (χ1v) is 6.82. The van der Waals surface area contributed by atoms with E-state index in [0.717, 1.165) is 13.1 Å². The third kappa shape index (κ3) is 2.89. The molecular weight excluding hydrogens is 242 g/mol. The van der Waals surface area contributed by atoms with Crippen molar-refractivity contribution in [1.82, 2.24) is 20.0 Å². The minimum atomic E-state index is -0.147. The Kier molecular flexibility index (Phi) is 4.09. The number of hydrogen-bond acceptors (Lipinski definition) is 4. The number of likely N-dealkylation sites (tertiary alicyclic amines) is 1. The first-order valence-electron chi connectivity index (χ1n) is 6.82. The van der Waals surface area contributed by atoms with E-state index in [0.29, 0.717) is 29.7 Å². The molecule has 0 bridgehead atoms. The molecule has 1 unspecified atom stereocenters. The minimum absolute atomic E-state index is 0.147. The normalized spacial score (nSPS) is 17.6. The molecule has 1 fully saturated rings. The standard InChI is InChI=1S/C13H23N5O/c1-9(18-6-4-5-7-18)8-15-13(19)12-11(14)10(2)16-17(12)3/h9H,4-8,14H2,1-3H3,(H,15,19). The third-order valence-electron chi connectivity index (χ3n) is 3.81. The van der Waals surface area contributed by atoms with E-state index in [-0.39, 0.29) is 5.91 Å². The molecular formula is C13H23N5O. The molecule has 1 aromatic rings. The van der Waals surface area contributed by atoms with Gasteiger partial charge in [-0.25, -0.2) is 0 Å². The molecule has 6 heteroatoms. The number of nitrogens with one attached hydrogen (secondary N) is 1. The van der Waals surface area contributed by atoms with E-state index in [1.165, 1.54) is 12.8 Å². The number of nitrogens with two attached hydrogens (primary N) is 1. The summed E-state index contributed by atoms with van der Waals surface area (Å²) in [4.78, 5) is 14.5. The van der Waals surface area contributed by atoms with Crippen LogP contribution in [0, 0.1) is 6.92 Å². The SMILES string of the molecule is Cc1nn(C)c(C(=O)NCC(C)N2CCCC2)c1N. The Balaban J connectivity index is 1.93. The number of aryl methyl sites for hydroxylation is 2. The van der Waals surface area contributed by atoms with E-state index in [1.807, 2.05) is 0 Å². The number of rotatable bonds is 4. The highest BCUT2D eigenvalue weighted by atomic mass is 16.2. The monoisotopic (exact) mass is 265 g/mol. The largest absolute Gasteiger partial charge is 0.395 e. The highest BCUT2D eigenvalue weighted by molar-refractivity contribution is 5.97. The second-order valence-electron chi connectivity index (χ2n) is 5.27. The van der Waals surface area contributed by atoms with Crippen LogP contribution in [0.5, 0.6) is 0 Å². The van der Waals surface area contributed by atoms with Gasteiger partial charge in [0.25, 0.3) is 5.91 Å². The lowest BCUT2D eigenvalue weighted by atomic mass is 10.2. The molecule has 1 aliphatic rings. The maximum atomic E-state index is 12.1. The van der Waals surface area contributed by atoms with Crippen molar-refractivity contribution in [2.75, 3.05) is 25.4 Å². The molecule has 19 heavy (non-hydrogen) atoms. The summed E-state index contributed by atoms with van der Waals surface area (Å²) in [5.74, 6) is -0.147. The molecule has 1 amide bonds. The lowest BCUT2D eigenvalue weighted by Gasteiger charge is -2.23. The van der Waals surface area contributed by atoms with Crippen LogP contribution in [0.2, 0.25) is 0 Å². The Bertz CT molecular complexity index is 462. The highest BCUT2D eigenvalue weighted by Gasteiger charge is 2.21. The topological polar surface area (TPSA) is 76.2 Å². The molecule has 0 saturated carbocycles. The number of anilines is 1. The van der Waals surface area contributed by atoms with Gasteiger partial charge in [0.1, 0.15) is 5.69 Å². The van der Waals surface area contributed by atoms with Crippen molar-refractivity contribution < 1.29 is 4.79 Å². The van der Waals surface area contributed by atoms with E-state index in [1.54, 1.807) is 18.7 Å². The van der Waals surface area contributed by atoms with Crippen LogP contribution >= 0.6 is 0 Å². The average Bonchev–Trinajstić information content (AvgIpc) is 2.96. The molecule has 1 saturated heterocycles. The minimum Gasteiger partial charge on any atom is -0.395 e. The van der Waals surface area contributed by atoms with Crippen molar-refractivity contribution in [2.24, 2.45) is 7.05 Å². The van der Waals surface area contributed by atoms with Crippen LogP contribution in [-0.4, -0.2) is 46.3 Å². The molecule has 2 rings (SSSR count). The Labute approximate surface area is 113 Å². The number of aromatic nitrogens is 2. The quantitative estimate of drug-likeness (QED) is 0.832. The Hall–Kier alpha value is -1.56. The highest BCUT2D eigenvalue weighted by Crippen LogP contribution is 2.15. The summed E-state index contributed by atoms with van der Waals surface area (Å²) in [6, 6.07) is 0.363. The Morgan fingerprint density at radius 3 is 2.63 bits per heavy atom. The van der Waals surface area contributed by atoms with Gasteiger partial charge in [-0.05, 0) is 39.8 Å². The zero-order valence-electron chi connectivity index (χ0n) is 11.9. The molecule has 6 nitrogen and oxygen atoms in total. The fraction of sp³-hybridized carbons (Fsp3) is 0.692. The van der Waals surface area contributed by atoms with Gasteiger partial charge in [-0.15, -0.1) is 0 Å². The number of nitrogens with zero attached hydrogens (tertiary/aromatic N) is 3.